The molecule has 1 aromatic heterocycles. The molecule has 1 atom stereocenters. The van der Waals surface area contributed by atoms with Gasteiger partial charge < -0.3 is 11.1 Å². The summed E-state index contributed by atoms with van der Waals surface area (Å²) in [5.41, 5.74) is 7.46. The van der Waals surface area contributed by atoms with Crippen molar-refractivity contribution in [1.29, 1.82) is 0 Å². The van der Waals surface area contributed by atoms with Gasteiger partial charge in [0.2, 0.25) is 0 Å². The van der Waals surface area contributed by atoms with Crippen LogP contribution in [0.2, 0.25) is 0 Å². The maximum atomic E-state index is 11.9. The summed E-state index contributed by atoms with van der Waals surface area (Å²) < 4.78 is 0. The molecule has 5 heteroatoms. The Balaban J connectivity index is 1.92. The van der Waals surface area contributed by atoms with E-state index in [1.54, 1.807) is 0 Å². The van der Waals surface area contributed by atoms with Crippen molar-refractivity contribution in [2.75, 3.05) is 12.3 Å². The molecule has 1 amide bonds. The molecule has 0 radical (unpaired) electrons. The number of carbonyl (C=O) groups is 1. The van der Waals surface area contributed by atoms with Crippen LogP contribution < -0.4 is 11.1 Å². The average Bonchev–Trinajstić information content (AvgIpc) is 3.10. The number of nitrogen functional groups attached to an aromatic ring is 1. The van der Waals surface area contributed by atoms with E-state index in [1.807, 2.05) is 6.92 Å². The first-order valence-corrected chi connectivity index (χ1v) is 6.24. The smallest absolute Gasteiger partial charge is 0.273 e. The Morgan fingerprint density at radius 1 is 1.65 bits per heavy atom. The van der Waals surface area contributed by atoms with Crippen molar-refractivity contribution < 1.29 is 4.79 Å². The van der Waals surface area contributed by atoms with Gasteiger partial charge >= 0.3 is 0 Å². The first-order chi connectivity index (χ1) is 8.13. The number of nitrogens with two attached hydrogens (primary N) is 1. The van der Waals surface area contributed by atoms with E-state index in [1.165, 1.54) is 12.8 Å². The lowest BCUT2D eigenvalue weighted by atomic mass is 10.1. The van der Waals surface area contributed by atoms with Crippen LogP contribution in [0.3, 0.4) is 0 Å². The Bertz CT molecular complexity index is 409. The van der Waals surface area contributed by atoms with Gasteiger partial charge in [0.25, 0.3) is 5.91 Å². The van der Waals surface area contributed by atoms with Crippen molar-refractivity contribution in [2.24, 2.45) is 11.8 Å². The molecule has 0 aromatic carbocycles. The van der Waals surface area contributed by atoms with Gasteiger partial charge in [-0.15, -0.1) is 0 Å². The monoisotopic (exact) mass is 236 g/mol. The fraction of sp³-hybridized carbons (Fsp3) is 0.667. The van der Waals surface area contributed by atoms with Gasteiger partial charge in [-0.2, -0.15) is 5.10 Å². The normalized spacial score (nSPS) is 16.8. The lowest BCUT2D eigenvalue weighted by Gasteiger charge is -2.10. The molecule has 2 rings (SSSR count). The summed E-state index contributed by atoms with van der Waals surface area (Å²) in [6.07, 6.45) is 3.34. The third kappa shape index (κ3) is 2.60. The van der Waals surface area contributed by atoms with Crippen molar-refractivity contribution in [1.82, 2.24) is 15.5 Å². The maximum Gasteiger partial charge on any atom is 0.273 e. The van der Waals surface area contributed by atoms with E-state index < -0.39 is 0 Å². The van der Waals surface area contributed by atoms with Crippen LogP contribution in [0.4, 0.5) is 5.69 Å². The lowest BCUT2D eigenvalue weighted by molar-refractivity contribution is 0.0942. The molecule has 1 fully saturated rings. The number of nitrogens with one attached hydrogen (secondary N) is 2. The number of aryl methyl sites for hydroxylation is 1. The second-order valence-electron chi connectivity index (χ2n) is 4.84. The summed E-state index contributed by atoms with van der Waals surface area (Å²) in [5, 5.41) is 9.65. The van der Waals surface area contributed by atoms with E-state index >= 15 is 0 Å². The topological polar surface area (TPSA) is 83.8 Å². The summed E-state index contributed by atoms with van der Waals surface area (Å²) in [5.74, 6) is 1.16. The second kappa shape index (κ2) is 4.77. The van der Waals surface area contributed by atoms with Crippen molar-refractivity contribution in [3.8, 4) is 0 Å². The summed E-state index contributed by atoms with van der Waals surface area (Å²) in [6.45, 7) is 4.85. The van der Waals surface area contributed by atoms with E-state index in [2.05, 4.69) is 22.4 Å². The molecular weight excluding hydrogens is 216 g/mol. The predicted molar refractivity (Wildman–Crippen MR) is 66.6 cm³/mol. The van der Waals surface area contributed by atoms with Crippen LogP contribution in [0, 0.1) is 11.8 Å². The zero-order chi connectivity index (χ0) is 12.4. The van der Waals surface area contributed by atoms with Crippen LogP contribution in [0.1, 0.15) is 42.9 Å². The highest BCUT2D eigenvalue weighted by Gasteiger charge is 2.28. The zero-order valence-electron chi connectivity index (χ0n) is 10.4. The molecular formula is C12H20N4O. The van der Waals surface area contributed by atoms with Crippen LogP contribution in [0.5, 0.6) is 0 Å². The molecule has 0 bridgehead atoms. The molecule has 0 aliphatic heterocycles. The second-order valence-corrected chi connectivity index (χ2v) is 4.84. The third-order valence-electron chi connectivity index (χ3n) is 3.46. The predicted octanol–water partition coefficient (Wildman–Crippen LogP) is 1.33. The number of amides is 1. The minimum absolute atomic E-state index is 0.175. The SMILES string of the molecule is CCc1[nH]nc(C(=O)NCC(C)C2CC2)c1N. The molecule has 1 aromatic rings. The largest absolute Gasteiger partial charge is 0.395 e. The van der Waals surface area contributed by atoms with Gasteiger partial charge in [-0.25, -0.2) is 0 Å². The molecule has 1 unspecified atom stereocenters. The van der Waals surface area contributed by atoms with Crippen LogP contribution in [-0.2, 0) is 6.42 Å². The minimum Gasteiger partial charge on any atom is -0.395 e. The summed E-state index contributed by atoms with van der Waals surface area (Å²) in [6, 6.07) is 0. The standard InChI is InChI=1S/C12H20N4O/c1-3-9-10(13)11(16-15-9)12(17)14-6-7(2)8-4-5-8/h7-8H,3-6,13H2,1-2H3,(H,14,17)(H,15,16). The van der Waals surface area contributed by atoms with E-state index in [0.29, 0.717) is 23.8 Å². The molecule has 5 nitrogen and oxygen atoms in total. The summed E-state index contributed by atoms with van der Waals surface area (Å²) in [7, 11) is 0. The van der Waals surface area contributed by atoms with Gasteiger partial charge in [-0.1, -0.05) is 13.8 Å². The van der Waals surface area contributed by atoms with Crippen molar-refractivity contribution >= 4 is 11.6 Å². The molecule has 4 N–H and O–H groups in total. The van der Waals surface area contributed by atoms with E-state index in [9.17, 15) is 4.79 Å². The van der Waals surface area contributed by atoms with Gasteiger partial charge in [0, 0.05) is 6.54 Å². The highest BCUT2D eigenvalue weighted by Crippen LogP contribution is 2.36. The Labute approximate surface area is 101 Å². The Kier molecular flexibility index (Phi) is 3.36. The average molecular weight is 236 g/mol. The summed E-state index contributed by atoms with van der Waals surface area (Å²) in [4.78, 5) is 11.9. The Morgan fingerprint density at radius 2 is 2.35 bits per heavy atom. The molecule has 1 saturated carbocycles. The Morgan fingerprint density at radius 3 is 2.88 bits per heavy atom. The number of hydrogen-bond acceptors (Lipinski definition) is 3. The van der Waals surface area contributed by atoms with E-state index in [4.69, 9.17) is 5.73 Å². The molecule has 0 spiro atoms. The first-order valence-electron chi connectivity index (χ1n) is 6.24. The number of rotatable bonds is 5. The molecule has 1 aliphatic carbocycles. The van der Waals surface area contributed by atoms with Gasteiger partial charge in [0.05, 0.1) is 11.4 Å². The van der Waals surface area contributed by atoms with Crippen LogP contribution >= 0.6 is 0 Å². The number of aromatic amines is 1. The molecule has 0 saturated heterocycles. The van der Waals surface area contributed by atoms with E-state index in [0.717, 1.165) is 18.0 Å². The lowest BCUT2D eigenvalue weighted by Crippen LogP contribution is -2.29. The van der Waals surface area contributed by atoms with Gasteiger partial charge in [0.1, 0.15) is 0 Å². The minimum atomic E-state index is -0.175. The van der Waals surface area contributed by atoms with Crippen LogP contribution in [0.25, 0.3) is 0 Å². The fourth-order valence-electron chi connectivity index (χ4n) is 2.00. The highest BCUT2D eigenvalue weighted by atomic mass is 16.1. The van der Waals surface area contributed by atoms with E-state index in [-0.39, 0.29) is 5.91 Å². The number of nitrogens with zero attached hydrogens (tertiary/aromatic N) is 1. The van der Waals surface area contributed by atoms with Crippen molar-refractivity contribution in [3.05, 3.63) is 11.4 Å². The highest BCUT2D eigenvalue weighted by molar-refractivity contribution is 5.97. The number of anilines is 1. The quantitative estimate of drug-likeness (QED) is 0.721. The van der Waals surface area contributed by atoms with Gasteiger partial charge in [-0.3, -0.25) is 9.89 Å². The number of hydrogen-bond donors (Lipinski definition) is 3. The van der Waals surface area contributed by atoms with Crippen molar-refractivity contribution in [3.63, 3.8) is 0 Å². The summed E-state index contributed by atoms with van der Waals surface area (Å²) >= 11 is 0. The first kappa shape index (κ1) is 12.0. The molecule has 17 heavy (non-hydrogen) atoms. The van der Waals surface area contributed by atoms with Gasteiger partial charge in [-0.05, 0) is 31.1 Å². The van der Waals surface area contributed by atoms with Crippen LogP contribution in [-0.4, -0.2) is 22.6 Å². The number of carbonyl (C=O) groups excluding carboxylic acids is 1. The maximum absolute atomic E-state index is 11.9. The molecule has 94 valence electrons. The van der Waals surface area contributed by atoms with Crippen molar-refractivity contribution in [2.45, 2.75) is 33.1 Å². The third-order valence-corrected chi connectivity index (χ3v) is 3.46. The number of H-pyrrole nitrogens is 1. The molecule has 1 heterocycles. The molecule has 1 aliphatic rings. The zero-order valence-corrected chi connectivity index (χ0v) is 10.4. The Hall–Kier alpha value is -1.52. The van der Waals surface area contributed by atoms with Gasteiger partial charge in [0.15, 0.2) is 5.69 Å². The fourth-order valence-corrected chi connectivity index (χ4v) is 2.00. The number of aromatic nitrogens is 2. The van der Waals surface area contributed by atoms with Crippen LogP contribution in [0.15, 0.2) is 0 Å².